The Balaban J connectivity index is 2.02. The van der Waals surface area contributed by atoms with Crippen LogP contribution in [0.5, 0.6) is 0 Å². The molecule has 3 unspecified atom stereocenters. The highest BCUT2D eigenvalue weighted by atomic mass is 35.5. The topological polar surface area (TPSA) is 32.3 Å². The lowest BCUT2D eigenvalue weighted by atomic mass is 10.1. The number of hydrogen-bond donors (Lipinski definition) is 2. The third kappa shape index (κ3) is 2.71. The molecule has 0 amide bonds. The SMILES string of the molecule is CC(NC1CCCC1O)c1cc(Cl)sc1Cl. The van der Waals surface area contributed by atoms with E-state index in [4.69, 9.17) is 23.2 Å². The minimum atomic E-state index is -0.227. The van der Waals surface area contributed by atoms with Crippen LogP contribution < -0.4 is 5.32 Å². The molecule has 0 bridgehead atoms. The molecule has 5 heteroatoms. The molecule has 1 saturated carbocycles. The molecule has 2 rings (SSSR count). The maximum atomic E-state index is 9.74. The van der Waals surface area contributed by atoms with Crippen LogP contribution in [0.25, 0.3) is 0 Å². The number of aliphatic hydroxyl groups is 1. The van der Waals surface area contributed by atoms with Crippen LogP contribution in [0.3, 0.4) is 0 Å². The molecule has 0 radical (unpaired) electrons. The molecule has 1 aromatic rings. The van der Waals surface area contributed by atoms with Gasteiger partial charge in [-0.25, -0.2) is 0 Å². The minimum absolute atomic E-state index is 0.133. The van der Waals surface area contributed by atoms with Crippen LogP contribution in [0, 0.1) is 0 Å². The number of halogens is 2. The summed E-state index contributed by atoms with van der Waals surface area (Å²) < 4.78 is 1.44. The molecule has 1 aromatic heterocycles. The van der Waals surface area contributed by atoms with E-state index in [0.717, 1.165) is 29.2 Å². The van der Waals surface area contributed by atoms with Crippen molar-refractivity contribution in [2.24, 2.45) is 0 Å². The highest BCUT2D eigenvalue weighted by Gasteiger charge is 2.27. The van der Waals surface area contributed by atoms with Gasteiger partial charge in [0.1, 0.15) is 0 Å². The van der Waals surface area contributed by atoms with Crippen molar-refractivity contribution in [3.63, 3.8) is 0 Å². The van der Waals surface area contributed by atoms with E-state index >= 15 is 0 Å². The van der Waals surface area contributed by atoms with Crippen LogP contribution in [0.4, 0.5) is 0 Å². The van der Waals surface area contributed by atoms with Gasteiger partial charge in [0, 0.05) is 12.1 Å². The van der Waals surface area contributed by atoms with Crippen molar-refractivity contribution in [1.29, 1.82) is 0 Å². The Hall–Kier alpha value is 0.200. The summed E-state index contributed by atoms with van der Waals surface area (Å²) in [6.07, 6.45) is 2.78. The van der Waals surface area contributed by atoms with Gasteiger partial charge in [0.2, 0.25) is 0 Å². The summed E-state index contributed by atoms with van der Waals surface area (Å²) in [4.78, 5) is 0. The molecule has 0 spiro atoms. The maximum Gasteiger partial charge on any atom is 0.0991 e. The van der Waals surface area contributed by atoms with Crippen molar-refractivity contribution in [3.8, 4) is 0 Å². The van der Waals surface area contributed by atoms with E-state index < -0.39 is 0 Å². The van der Waals surface area contributed by atoms with Crippen LogP contribution in [-0.2, 0) is 0 Å². The predicted molar refractivity (Wildman–Crippen MR) is 69.5 cm³/mol. The zero-order valence-corrected chi connectivity index (χ0v) is 11.4. The maximum absolute atomic E-state index is 9.74. The fraction of sp³-hybridized carbons (Fsp3) is 0.636. The Kier molecular flexibility index (Phi) is 4.14. The summed E-state index contributed by atoms with van der Waals surface area (Å²) in [6.45, 7) is 2.05. The van der Waals surface area contributed by atoms with Crippen LogP contribution in [0.1, 0.15) is 37.8 Å². The molecule has 3 atom stereocenters. The highest BCUT2D eigenvalue weighted by Crippen LogP contribution is 2.35. The molecule has 0 aromatic carbocycles. The Labute approximate surface area is 110 Å². The smallest absolute Gasteiger partial charge is 0.0991 e. The average molecular weight is 280 g/mol. The minimum Gasteiger partial charge on any atom is -0.392 e. The van der Waals surface area contributed by atoms with Gasteiger partial charge in [-0.3, -0.25) is 0 Å². The largest absolute Gasteiger partial charge is 0.392 e. The number of hydrogen-bond acceptors (Lipinski definition) is 3. The summed E-state index contributed by atoms with van der Waals surface area (Å²) in [5.41, 5.74) is 1.02. The average Bonchev–Trinajstić information content (AvgIpc) is 2.74. The molecule has 1 fully saturated rings. The Morgan fingerprint density at radius 3 is 2.75 bits per heavy atom. The standard InChI is InChI=1S/C11H15Cl2NOS/c1-6(7-5-10(12)16-11(7)13)14-8-3-2-4-9(8)15/h5-6,8-9,14-15H,2-4H2,1H3. The zero-order valence-electron chi connectivity index (χ0n) is 9.04. The molecule has 90 valence electrons. The lowest BCUT2D eigenvalue weighted by Crippen LogP contribution is -2.37. The highest BCUT2D eigenvalue weighted by molar-refractivity contribution is 7.20. The van der Waals surface area contributed by atoms with Crippen LogP contribution in [-0.4, -0.2) is 17.3 Å². The first-order chi connectivity index (χ1) is 7.58. The lowest BCUT2D eigenvalue weighted by molar-refractivity contribution is 0.144. The number of nitrogens with one attached hydrogen (secondary N) is 1. The van der Waals surface area contributed by atoms with Gasteiger partial charge >= 0.3 is 0 Å². The van der Waals surface area contributed by atoms with Gasteiger partial charge in [-0.05, 0) is 37.8 Å². The molecule has 0 saturated heterocycles. The van der Waals surface area contributed by atoms with E-state index in [1.54, 1.807) is 0 Å². The number of thiophene rings is 1. The first-order valence-electron chi connectivity index (χ1n) is 5.46. The van der Waals surface area contributed by atoms with Crippen LogP contribution in [0.15, 0.2) is 6.07 Å². The molecule has 1 aliphatic rings. The number of rotatable bonds is 3. The second-order valence-corrected chi connectivity index (χ2v) is 6.56. The van der Waals surface area contributed by atoms with Crippen LogP contribution in [0.2, 0.25) is 8.67 Å². The van der Waals surface area contributed by atoms with E-state index in [1.165, 1.54) is 11.3 Å². The van der Waals surface area contributed by atoms with E-state index in [9.17, 15) is 5.11 Å². The Morgan fingerprint density at radius 1 is 1.50 bits per heavy atom. The molecular formula is C11H15Cl2NOS. The van der Waals surface area contributed by atoms with Gasteiger partial charge in [0.05, 0.1) is 14.8 Å². The van der Waals surface area contributed by atoms with E-state index in [1.807, 2.05) is 6.07 Å². The lowest BCUT2D eigenvalue weighted by Gasteiger charge is -2.21. The third-order valence-corrected chi connectivity index (χ3v) is 4.61. The fourth-order valence-corrected chi connectivity index (χ4v) is 3.84. The van der Waals surface area contributed by atoms with Gasteiger partial charge in [0.15, 0.2) is 0 Å². The molecule has 1 heterocycles. The second-order valence-electron chi connectivity index (χ2n) is 4.27. The molecule has 1 aliphatic carbocycles. The summed E-state index contributed by atoms with van der Waals surface area (Å²) in [5, 5.41) is 13.2. The van der Waals surface area contributed by atoms with E-state index in [0.29, 0.717) is 4.34 Å². The third-order valence-electron chi connectivity index (χ3n) is 3.09. The number of aliphatic hydroxyl groups excluding tert-OH is 1. The fourth-order valence-electron chi connectivity index (χ4n) is 2.19. The van der Waals surface area contributed by atoms with E-state index in [2.05, 4.69) is 12.2 Å². The summed E-state index contributed by atoms with van der Waals surface area (Å²) in [5.74, 6) is 0. The molecule has 0 aliphatic heterocycles. The zero-order chi connectivity index (χ0) is 11.7. The van der Waals surface area contributed by atoms with Crippen molar-refractivity contribution in [2.45, 2.75) is 44.4 Å². The molecular weight excluding hydrogens is 265 g/mol. The van der Waals surface area contributed by atoms with Crippen molar-refractivity contribution in [3.05, 3.63) is 20.3 Å². The van der Waals surface area contributed by atoms with Gasteiger partial charge in [-0.15, -0.1) is 11.3 Å². The van der Waals surface area contributed by atoms with Crippen molar-refractivity contribution in [2.75, 3.05) is 0 Å². The molecule has 16 heavy (non-hydrogen) atoms. The molecule has 2 N–H and O–H groups in total. The van der Waals surface area contributed by atoms with Gasteiger partial charge in [-0.2, -0.15) is 0 Å². The van der Waals surface area contributed by atoms with Gasteiger partial charge < -0.3 is 10.4 Å². The molecule has 2 nitrogen and oxygen atoms in total. The summed E-state index contributed by atoms with van der Waals surface area (Å²) in [6, 6.07) is 2.21. The summed E-state index contributed by atoms with van der Waals surface area (Å²) >= 11 is 13.4. The summed E-state index contributed by atoms with van der Waals surface area (Å²) in [7, 11) is 0. The monoisotopic (exact) mass is 279 g/mol. The Bertz CT molecular complexity index is 369. The van der Waals surface area contributed by atoms with Gasteiger partial charge in [-0.1, -0.05) is 23.2 Å². The quantitative estimate of drug-likeness (QED) is 0.886. The first-order valence-corrected chi connectivity index (χ1v) is 7.04. The van der Waals surface area contributed by atoms with Gasteiger partial charge in [0.25, 0.3) is 0 Å². The normalized spacial score (nSPS) is 27.2. The van der Waals surface area contributed by atoms with Crippen LogP contribution >= 0.6 is 34.5 Å². The predicted octanol–water partition coefficient (Wildman–Crippen LogP) is 3.62. The van der Waals surface area contributed by atoms with Crippen molar-refractivity contribution in [1.82, 2.24) is 5.32 Å². The first kappa shape index (κ1) is 12.7. The second kappa shape index (κ2) is 5.23. The van der Waals surface area contributed by atoms with Crippen molar-refractivity contribution < 1.29 is 5.11 Å². The van der Waals surface area contributed by atoms with Crippen molar-refractivity contribution >= 4 is 34.5 Å². The van der Waals surface area contributed by atoms with E-state index in [-0.39, 0.29) is 18.2 Å². The Morgan fingerprint density at radius 2 is 2.25 bits per heavy atom.